The lowest BCUT2D eigenvalue weighted by Crippen LogP contribution is -2.34. The summed E-state index contributed by atoms with van der Waals surface area (Å²) in [6.45, 7) is -0.479. The smallest absolute Gasteiger partial charge is 0.262 e. The van der Waals surface area contributed by atoms with Crippen molar-refractivity contribution in [2.24, 2.45) is 0 Å². The van der Waals surface area contributed by atoms with Gasteiger partial charge in [-0.3, -0.25) is 19.3 Å². The number of anilines is 1. The van der Waals surface area contributed by atoms with Crippen LogP contribution < -0.4 is 15.2 Å². The second-order valence-electron chi connectivity index (χ2n) is 5.79. The number of ether oxygens (including phenoxy) is 1. The molecule has 3 rings (SSSR count). The average molecular weight is 367 g/mol. The van der Waals surface area contributed by atoms with E-state index in [2.05, 4.69) is 5.32 Å². The Balaban J connectivity index is 1.65. The van der Waals surface area contributed by atoms with Gasteiger partial charge in [-0.25, -0.2) is 0 Å². The summed E-state index contributed by atoms with van der Waals surface area (Å²) in [7, 11) is 0. The number of rotatable bonds is 7. The van der Waals surface area contributed by atoms with Crippen molar-refractivity contribution in [3.63, 3.8) is 0 Å². The van der Waals surface area contributed by atoms with Gasteiger partial charge in [0, 0.05) is 24.6 Å². The molecule has 138 valence electrons. The third-order valence-electron chi connectivity index (χ3n) is 3.91. The fourth-order valence-corrected chi connectivity index (χ4v) is 2.64. The SMILES string of the molecule is O=C([O-])CCN1C(=O)c2ccc(NC(=O)COc3ccccc3)cc2C1=O. The molecule has 1 aliphatic rings. The minimum Gasteiger partial charge on any atom is -0.550 e. The van der Waals surface area contributed by atoms with E-state index in [0.29, 0.717) is 11.4 Å². The first-order valence-electron chi connectivity index (χ1n) is 8.13. The van der Waals surface area contributed by atoms with Crippen LogP contribution in [0.5, 0.6) is 5.75 Å². The molecule has 0 atom stereocenters. The second-order valence-corrected chi connectivity index (χ2v) is 5.79. The highest BCUT2D eigenvalue weighted by molar-refractivity contribution is 6.22. The Kier molecular flexibility index (Phi) is 5.16. The van der Waals surface area contributed by atoms with Crippen LogP contribution in [-0.2, 0) is 9.59 Å². The van der Waals surface area contributed by atoms with E-state index in [4.69, 9.17) is 4.74 Å². The Hall–Kier alpha value is -3.68. The number of benzene rings is 2. The van der Waals surface area contributed by atoms with Gasteiger partial charge in [-0.1, -0.05) is 18.2 Å². The van der Waals surface area contributed by atoms with Crippen molar-refractivity contribution in [1.82, 2.24) is 4.90 Å². The van der Waals surface area contributed by atoms with Crippen LogP contribution in [0.1, 0.15) is 27.1 Å². The largest absolute Gasteiger partial charge is 0.550 e. The zero-order valence-electron chi connectivity index (χ0n) is 14.1. The van der Waals surface area contributed by atoms with E-state index in [9.17, 15) is 24.3 Å². The first-order chi connectivity index (χ1) is 13.0. The zero-order chi connectivity index (χ0) is 19.4. The van der Waals surface area contributed by atoms with Gasteiger partial charge in [0.25, 0.3) is 17.7 Å². The summed E-state index contributed by atoms with van der Waals surface area (Å²) in [5, 5.41) is 13.2. The van der Waals surface area contributed by atoms with Gasteiger partial charge in [0.2, 0.25) is 0 Å². The van der Waals surface area contributed by atoms with Crippen LogP contribution >= 0.6 is 0 Å². The molecule has 8 heteroatoms. The summed E-state index contributed by atoms with van der Waals surface area (Å²) in [6.07, 6.45) is -0.439. The Bertz CT molecular complexity index is 910. The highest BCUT2D eigenvalue weighted by atomic mass is 16.5. The van der Waals surface area contributed by atoms with Gasteiger partial charge in [0.05, 0.1) is 11.1 Å². The van der Waals surface area contributed by atoms with Crippen LogP contribution in [0.2, 0.25) is 0 Å². The van der Waals surface area contributed by atoms with E-state index < -0.39 is 30.1 Å². The standard InChI is InChI=1S/C19H16N2O6/c22-16(11-27-13-4-2-1-3-5-13)20-12-6-7-14-15(10-12)19(26)21(18(14)25)9-8-17(23)24/h1-7,10H,8-9,11H2,(H,20,22)(H,23,24)/p-1. The molecule has 27 heavy (non-hydrogen) atoms. The molecule has 2 aromatic rings. The predicted octanol–water partition coefficient (Wildman–Crippen LogP) is 0.440. The van der Waals surface area contributed by atoms with Crippen molar-refractivity contribution in [2.45, 2.75) is 6.42 Å². The number of carbonyl (C=O) groups excluding carboxylic acids is 4. The molecule has 3 amide bonds. The van der Waals surface area contributed by atoms with Crippen molar-refractivity contribution in [1.29, 1.82) is 0 Å². The third kappa shape index (κ3) is 4.12. The van der Waals surface area contributed by atoms with E-state index in [1.54, 1.807) is 24.3 Å². The molecule has 8 nitrogen and oxygen atoms in total. The molecule has 0 spiro atoms. The van der Waals surface area contributed by atoms with Gasteiger partial charge in [-0.05, 0) is 30.3 Å². The maximum absolute atomic E-state index is 12.3. The predicted molar refractivity (Wildman–Crippen MR) is 92.0 cm³/mol. The number of amides is 3. The van der Waals surface area contributed by atoms with Gasteiger partial charge in [0.1, 0.15) is 5.75 Å². The lowest BCUT2D eigenvalue weighted by molar-refractivity contribution is -0.305. The first-order valence-corrected chi connectivity index (χ1v) is 8.13. The quantitative estimate of drug-likeness (QED) is 0.710. The molecule has 0 aromatic heterocycles. The highest BCUT2D eigenvalue weighted by Gasteiger charge is 2.35. The molecule has 0 unspecified atom stereocenters. The maximum Gasteiger partial charge on any atom is 0.262 e. The van der Waals surface area contributed by atoms with Crippen LogP contribution in [0, 0.1) is 0 Å². The normalized spacial score (nSPS) is 12.7. The topological polar surface area (TPSA) is 116 Å². The van der Waals surface area contributed by atoms with Crippen LogP contribution in [0.25, 0.3) is 0 Å². The van der Waals surface area contributed by atoms with E-state index in [0.717, 1.165) is 4.90 Å². The molecular formula is C19H15N2O6-. The van der Waals surface area contributed by atoms with Crippen LogP contribution in [0.3, 0.4) is 0 Å². The van der Waals surface area contributed by atoms with Crippen molar-refractivity contribution in [2.75, 3.05) is 18.5 Å². The van der Waals surface area contributed by atoms with Crippen molar-refractivity contribution in [3.8, 4) is 5.75 Å². The van der Waals surface area contributed by atoms with Crippen LogP contribution in [0.15, 0.2) is 48.5 Å². The number of carbonyl (C=O) groups is 4. The minimum atomic E-state index is -1.35. The molecule has 0 saturated carbocycles. The number of carboxylic acids is 1. The van der Waals surface area contributed by atoms with Gasteiger partial charge < -0.3 is 20.0 Å². The fourth-order valence-electron chi connectivity index (χ4n) is 2.64. The van der Waals surface area contributed by atoms with Gasteiger partial charge in [0.15, 0.2) is 6.61 Å². The van der Waals surface area contributed by atoms with Crippen molar-refractivity contribution in [3.05, 3.63) is 59.7 Å². The number of nitrogens with zero attached hydrogens (tertiary/aromatic N) is 1. The van der Waals surface area contributed by atoms with E-state index >= 15 is 0 Å². The zero-order valence-corrected chi connectivity index (χ0v) is 14.1. The number of imide groups is 1. The molecule has 0 fully saturated rings. The molecule has 2 aromatic carbocycles. The Morgan fingerprint density at radius 2 is 1.70 bits per heavy atom. The summed E-state index contributed by atoms with van der Waals surface area (Å²) < 4.78 is 5.34. The van der Waals surface area contributed by atoms with Crippen LogP contribution in [-0.4, -0.2) is 41.7 Å². The molecule has 0 radical (unpaired) electrons. The molecule has 0 saturated heterocycles. The Morgan fingerprint density at radius 3 is 2.41 bits per heavy atom. The summed E-state index contributed by atoms with van der Waals surface area (Å²) in [5.74, 6) is -2.40. The molecule has 1 heterocycles. The summed E-state index contributed by atoms with van der Waals surface area (Å²) in [5.41, 5.74) is 0.607. The van der Waals surface area contributed by atoms with Crippen LogP contribution in [0.4, 0.5) is 5.69 Å². The third-order valence-corrected chi connectivity index (χ3v) is 3.91. The Labute approximate surface area is 154 Å². The van der Waals surface area contributed by atoms with Crippen molar-refractivity contribution < 1.29 is 29.0 Å². The molecule has 0 aliphatic carbocycles. The van der Waals surface area contributed by atoms with Gasteiger partial charge in [-0.2, -0.15) is 0 Å². The highest BCUT2D eigenvalue weighted by Crippen LogP contribution is 2.26. The number of fused-ring (bicyclic) bond motifs is 1. The van der Waals surface area contributed by atoms with E-state index in [1.165, 1.54) is 18.2 Å². The first kappa shape index (κ1) is 18.1. The van der Waals surface area contributed by atoms with E-state index in [1.807, 2.05) is 6.07 Å². The fraction of sp³-hybridized carbons (Fsp3) is 0.158. The second kappa shape index (κ2) is 7.69. The molecule has 0 bridgehead atoms. The lowest BCUT2D eigenvalue weighted by atomic mass is 10.1. The number of carboxylic acid groups (broad SMARTS) is 1. The molecule has 1 aliphatic heterocycles. The monoisotopic (exact) mass is 367 g/mol. The maximum atomic E-state index is 12.3. The molecular weight excluding hydrogens is 352 g/mol. The lowest BCUT2D eigenvalue weighted by Gasteiger charge is -2.13. The minimum absolute atomic E-state index is 0.111. The number of hydrogen-bond donors (Lipinski definition) is 1. The Morgan fingerprint density at radius 1 is 1.00 bits per heavy atom. The summed E-state index contributed by atoms with van der Waals surface area (Å²) in [4.78, 5) is 47.9. The van der Waals surface area contributed by atoms with Gasteiger partial charge >= 0.3 is 0 Å². The average Bonchev–Trinajstić information content (AvgIpc) is 2.89. The van der Waals surface area contributed by atoms with E-state index in [-0.39, 0.29) is 24.3 Å². The summed E-state index contributed by atoms with van der Waals surface area (Å²) >= 11 is 0. The number of aliphatic carboxylic acids is 1. The molecule has 1 N–H and O–H groups in total. The van der Waals surface area contributed by atoms with Gasteiger partial charge in [-0.15, -0.1) is 0 Å². The number of para-hydroxylation sites is 1. The van der Waals surface area contributed by atoms with Crippen molar-refractivity contribution >= 4 is 29.4 Å². The number of hydrogen-bond acceptors (Lipinski definition) is 6. The number of nitrogens with one attached hydrogen (secondary N) is 1. The summed E-state index contributed by atoms with van der Waals surface area (Å²) in [6, 6.07) is 13.1.